The summed E-state index contributed by atoms with van der Waals surface area (Å²) in [6, 6.07) is 15.1. The largest absolute Gasteiger partial charge is 0.488 e. The summed E-state index contributed by atoms with van der Waals surface area (Å²) >= 11 is 0. The first kappa shape index (κ1) is 19.2. The molecule has 2 aliphatic rings. The fourth-order valence-corrected chi connectivity index (χ4v) is 3.45. The van der Waals surface area contributed by atoms with Crippen LogP contribution in [0.2, 0.25) is 0 Å². The van der Waals surface area contributed by atoms with Crippen molar-refractivity contribution < 1.29 is 14.3 Å². The number of hydrogen-bond donors (Lipinski definition) is 2. The van der Waals surface area contributed by atoms with E-state index in [-0.39, 0.29) is 17.9 Å². The van der Waals surface area contributed by atoms with Crippen LogP contribution in [0.25, 0.3) is 6.08 Å². The number of anilines is 1. The van der Waals surface area contributed by atoms with Crippen molar-refractivity contribution in [3.63, 3.8) is 0 Å². The van der Waals surface area contributed by atoms with E-state index in [1.165, 1.54) is 18.9 Å². The summed E-state index contributed by atoms with van der Waals surface area (Å²) in [5, 5.41) is 5.86. The fraction of sp³-hybridized carbons (Fsp3) is 0.333. The summed E-state index contributed by atoms with van der Waals surface area (Å²) in [5.41, 5.74) is 2.18. The monoisotopic (exact) mass is 390 g/mol. The van der Waals surface area contributed by atoms with E-state index in [0.29, 0.717) is 23.0 Å². The van der Waals surface area contributed by atoms with E-state index in [0.717, 1.165) is 31.2 Å². The van der Waals surface area contributed by atoms with E-state index >= 15 is 0 Å². The van der Waals surface area contributed by atoms with Crippen LogP contribution in [0, 0.1) is 0 Å². The Morgan fingerprint density at radius 2 is 1.66 bits per heavy atom. The van der Waals surface area contributed by atoms with Gasteiger partial charge in [0.25, 0.3) is 5.91 Å². The molecule has 0 spiro atoms. The van der Waals surface area contributed by atoms with Gasteiger partial charge in [-0.1, -0.05) is 24.3 Å². The predicted octanol–water partition coefficient (Wildman–Crippen LogP) is 4.55. The number of rotatable bonds is 7. The second kappa shape index (κ2) is 8.95. The van der Waals surface area contributed by atoms with Crippen molar-refractivity contribution in [1.82, 2.24) is 5.32 Å². The fourth-order valence-electron chi connectivity index (χ4n) is 3.45. The van der Waals surface area contributed by atoms with E-state index in [9.17, 15) is 9.59 Å². The van der Waals surface area contributed by atoms with Crippen LogP contribution in [0.15, 0.2) is 54.6 Å². The number of para-hydroxylation sites is 2. The van der Waals surface area contributed by atoms with Gasteiger partial charge < -0.3 is 15.4 Å². The quantitative estimate of drug-likeness (QED) is 0.682. The zero-order valence-electron chi connectivity index (χ0n) is 16.4. The molecule has 2 aromatic carbocycles. The van der Waals surface area contributed by atoms with Gasteiger partial charge in [-0.15, -0.1) is 0 Å². The van der Waals surface area contributed by atoms with Gasteiger partial charge >= 0.3 is 0 Å². The molecule has 0 saturated heterocycles. The lowest BCUT2D eigenvalue weighted by atomic mass is 10.1. The van der Waals surface area contributed by atoms with Crippen molar-refractivity contribution in [2.45, 2.75) is 50.7 Å². The Balaban J connectivity index is 1.34. The van der Waals surface area contributed by atoms with Gasteiger partial charge in [-0.3, -0.25) is 9.59 Å². The Morgan fingerprint density at radius 3 is 2.38 bits per heavy atom. The van der Waals surface area contributed by atoms with Crippen molar-refractivity contribution in [2.75, 3.05) is 5.32 Å². The average Bonchev–Trinajstić information content (AvgIpc) is 3.40. The highest BCUT2D eigenvalue weighted by atomic mass is 16.5. The maximum Gasteiger partial charge on any atom is 0.251 e. The molecule has 29 heavy (non-hydrogen) atoms. The molecule has 0 bridgehead atoms. The molecule has 0 aliphatic heterocycles. The molecule has 2 saturated carbocycles. The Bertz CT molecular complexity index is 895. The van der Waals surface area contributed by atoms with Gasteiger partial charge in [0, 0.05) is 17.7 Å². The number of hydrogen-bond acceptors (Lipinski definition) is 3. The highest BCUT2D eigenvalue weighted by Gasteiger charge is 2.23. The van der Waals surface area contributed by atoms with Crippen LogP contribution in [0.3, 0.4) is 0 Å². The lowest BCUT2D eigenvalue weighted by Gasteiger charge is -2.16. The molecule has 2 fully saturated rings. The Labute approximate surface area is 171 Å². The van der Waals surface area contributed by atoms with E-state index in [2.05, 4.69) is 10.6 Å². The van der Waals surface area contributed by atoms with Gasteiger partial charge in [0.1, 0.15) is 5.75 Å². The van der Waals surface area contributed by atoms with Crippen molar-refractivity contribution >= 4 is 23.6 Å². The van der Waals surface area contributed by atoms with Gasteiger partial charge in [0.05, 0.1) is 11.8 Å². The average molecular weight is 390 g/mol. The summed E-state index contributed by atoms with van der Waals surface area (Å²) < 4.78 is 6.06. The smallest absolute Gasteiger partial charge is 0.251 e. The second-order valence-electron chi connectivity index (χ2n) is 7.71. The second-order valence-corrected chi connectivity index (χ2v) is 7.71. The lowest BCUT2D eigenvalue weighted by Crippen LogP contribution is -2.25. The van der Waals surface area contributed by atoms with Crippen molar-refractivity contribution in [3.8, 4) is 5.75 Å². The zero-order chi connectivity index (χ0) is 20.1. The van der Waals surface area contributed by atoms with Gasteiger partial charge in [0.15, 0.2) is 0 Å². The van der Waals surface area contributed by atoms with Crippen LogP contribution in [0.1, 0.15) is 54.4 Å². The maximum absolute atomic E-state index is 12.4. The first-order valence-electron chi connectivity index (χ1n) is 10.3. The summed E-state index contributed by atoms with van der Waals surface area (Å²) in [5.74, 6) is 0.454. The van der Waals surface area contributed by atoms with Crippen molar-refractivity contribution in [2.24, 2.45) is 0 Å². The third-order valence-corrected chi connectivity index (χ3v) is 5.25. The first-order valence-corrected chi connectivity index (χ1v) is 10.3. The molecular weight excluding hydrogens is 364 g/mol. The van der Waals surface area contributed by atoms with Crippen LogP contribution in [-0.4, -0.2) is 24.0 Å². The molecule has 5 heteroatoms. The highest BCUT2D eigenvalue weighted by Crippen LogP contribution is 2.29. The van der Waals surface area contributed by atoms with Gasteiger partial charge in [-0.05, 0) is 74.4 Å². The molecule has 5 nitrogen and oxygen atoms in total. The SMILES string of the molecule is O=C(C=Cc1ccc(C(=O)NC2CC2)cc1)Nc1ccccc1OC1CCCC1. The number of carbonyl (C=O) groups excluding carboxylic acids is 2. The molecule has 0 unspecified atom stereocenters. The summed E-state index contributed by atoms with van der Waals surface area (Å²) in [6.07, 6.45) is 10.1. The van der Waals surface area contributed by atoms with Crippen LogP contribution in [0.4, 0.5) is 5.69 Å². The molecule has 2 amide bonds. The summed E-state index contributed by atoms with van der Waals surface area (Å²) in [6.45, 7) is 0. The maximum atomic E-state index is 12.4. The van der Waals surface area contributed by atoms with Crippen LogP contribution >= 0.6 is 0 Å². The molecule has 2 aromatic rings. The van der Waals surface area contributed by atoms with Gasteiger partial charge in [-0.25, -0.2) is 0 Å². The van der Waals surface area contributed by atoms with E-state index < -0.39 is 0 Å². The number of benzene rings is 2. The Kier molecular flexibility index (Phi) is 5.94. The van der Waals surface area contributed by atoms with E-state index in [1.54, 1.807) is 18.2 Å². The molecule has 0 heterocycles. The minimum atomic E-state index is -0.219. The number of ether oxygens (including phenoxy) is 1. The predicted molar refractivity (Wildman–Crippen MR) is 114 cm³/mol. The van der Waals surface area contributed by atoms with Crippen molar-refractivity contribution in [1.29, 1.82) is 0 Å². The summed E-state index contributed by atoms with van der Waals surface area (Å²) in [4.78, 5) is 24.4. The van der Waals surface area contributed by atoms with Gasteiger partial charge in [-0.2, -0.15) is 0 Å². The Morgan fingerprint density at radius 1 is 0.931 bits per heavy atom. The van der Waals surface area contributed by atoms with Gasteiger partial charge in [0.2, 0.25) is 5.91 Å². The first-order chi connectivity index (χ1) is 14.2. The van der Waals surface area contributed by atoms with Crippen LogP contribution < -0.4 is 15.4 Å². The van der Waals surface area contributed by atoms with Crippen molar-refractivity contribution in [3.05, 3.63) is 65.7 Å². The highest BCUT2D eigenvalue weighted by molar-refractivity contribution is 6.02. The topological polar surface area (TPSA) is 67.4 Å². The Hall–Kier alpha value is -3.08. The van der Waals surface area contributed by atoms with E-state index in [1.807, 2.05) is 36.4 Å². The lowest BCUT2D eigenvalue weighted by molar-refractivity contribution is -0.111. The molecule has 0 aromatic heterocycles. The number of nitrogens with one attached hydrogen (secondary N) is 2. The third-order valence-electron chi connectivity index (χ3n) is 5.25. The minimum Gasteiger partial charge on any atom is -0.488 e. The molecule has 0 atom stereocenters. The van der Waals surface area contributed by atoms with Crippen LogP contribution in [0.5, 0.6) is 5.75 Å². The zero-order valence-corrected chi connectivity index (χ0v) is 16.4. The molecular formula is C24H26N2O3. The standard InChI is InChI=1S/C24H26N2O3/c27-23(26-21-7-3-4-8-22(21)29-20-5-1-2-6-20)16-11-17-9-12-18(13-10-17)24(28)25-19-14-15-19/h3-4,7-13,16,19-20H,1-2,5-6,14-15H2,(H,25,28)(H,26,27). The number of carbonyl (C=O) groups is 2. The molecule has 150 valence electrons. The number of amides is 2. The molecule has 2 aliphatic carbocycles. The normalized spacial score (nSPS) is 16.7. The molecule has 0 radical (unpaired) electrons. The summed E-state index contributed by atoms with van der Waals surface area (Å²) in [7, 11) is 0. The minimum absolute atomic E-state index is 0.0420. The molecule has 2 N–H and O–H groups in total. The van der Waals surface area contributed by atoms with E-state index in [4.69, 9.17) is 4.74 Å². The third kappa shape index (κ3) is 5.47. The van der Waals surface area contributed by atoms with Crippen LogP contribution in [-0.2, 0) is 4.79 Å². The molecule has 4 rings (SSSR count).